The number of benzene rings is 1. The first-order chi connectivity index (χ1) is 8.00. The van der Waals surface area contributed by atoms with E-state index >= 15 is 0 Å². The van der Waals surface area contributed by atoms with Crippen molar-refractivity contribution in [1.29, 1.82) is 0 Å². The molecule has 0 saturated heterocycles. The maximum Gasteiger partial charge on any atom is 0.131 e. The number of rotatable bonds is 2. The monoisotopic (exact) mass is 381 g/mol. The Kier molecular flexibility index (Phi) is 3.97. The van der Waals surface area contributed by atoms with E-state index in [0.29, 0.717) is 5.56 Å². The van der Waals surface area contributed by atoms with Crippen LogP contribution in [0.1, 0.15) is 17.2 Å². The van der Waals surface area contributed by atoms with Crippen molar-refractivity contribution in [2.75, 3.05) is 0 Å². The van der Waals surface area contributed by atoms with Gasteiger partial charge in [-0.15, -0.1) is 11.3 Å². The summed E-state index contributed by atoms with van der Waals surface area (Å²) in [4.78, 5) is 0. The lowest BCUT2D eigenvalue weighted by Gasteiger charge is -2.13. The van der Waals surface area contributed by atoms with E-state index in [2.05, 4.69) is 31.9 Å². The fourth-order valence-corrected chi connectivity index (χ4v) is 4.46. The zero-order valence-electron chi connectivity index (χ0n) is 8.38. The van der Waals surface area contributed by atoms with Gasteiger partial charge in [0.05, 0.1) is 13.6 Å². The lowest BCUT2D eigenvalue weighted by atomic mass is 10.0. The SMILES string of the molecule is NC(c1cc(Br)sc1Br)c1c(F)cccc1F. The van der Waals surface area contributed by atoms with E-state index in [-0.39, 0.29) is 5.56 Å². The predicted octanol–water partition coefficient (Wildman–Crippen LogP) is 4.60. The molecule has 0 radical (unpaired) electrons. The van der Waals surface area contributed by atoms with E-state index in [1.54, 1.807) is 6.07 Å². The summed E-state index contributed by atoms with van der Waals surface area (Å²) in [6, 6.07) is 4.65. The largest absolute Gasteiger partial charge is 0.320 e. The van der Waals surface area contributed by atoms with Crippen LogP contribution in [0, 0.1) is 11.6 Å². The number of nitrogens with two attached hydrogens (primary N) is 1. The summed E-state index contributed by atoms with van der Waals surface area (Å²) in [5, 5.41) is 0. The fraction of sp³-hybridized carbons (Fsp3) is 0.0909. The molecule has 1 unspecified atom stereocenters. The number of thiophene rings is 1. The molecule has 0 spiro atoms. The van der Waals surface area contributed by atoms with Gasteiger partial charge in [0.25, 0.3) is 0 Å². The van der Waals surface area contributed by atoms with Crippen molar-refractivity contribution < 1.29 is 8.78 Å². The molecule has 0 fully saturated rings. The number of hydrogen-bond acceptors (Lipinski definition) is 2. The van der Waals surface area contributed by atoms with Gasteiger partial charge in [0, 0.05) is 5.56 Å². The molecule has 2 rings (SSSR count). The average molecular weight is 383 g/mol. The van der Waals surface area contributed by atoms with Crippen molar-refractivity contribution >= 4 is 43.2 Å². The summed E-state index contributed by atoms with van der Waals surface area (Å²) in [6.07, 6.45) is 0. The fourth-order valence-electron chi connectivity index (χ4n) is 1.53. The molecule has 0 aliphatic rings. The molecule has 0 aliphatic heterocycles. The van der Waals surface area contributed by atoms with Gasteiger partial charge >= 0.3 is 0 Å². The normalized spacial score (nSPS) is 12.8. The highest BCUT2D eigenvalue weighted by molar-refractivity contribution is 9.12. The molecule has 1 aromatic carbocycles. The smallest absolute Gasteiger partial charge is 0.131 e. The molecule has 1 aromatic heterocycles. The van der Waals surface area contributed by atoms with Gasteiger partial charge in [-0.25, -0.2) is 8.78 Å². The van der Waals surface area contributed by atoms with Crippen LogP contribution < -0.4 is 5.73 Å². The zero-order valence-corrected chi connectivity index (χ0v) is 12.4. The van der Waals surface area contributed by atoms with Gasteiger partial charge in [-0.3, -0.25) is 0 Å². The lowest BCUT2D eigenvalue weighted by molar-refractivity contribution is 0.543. The van der Waals surface area contributed by atoms with E-state index in [4.69, 9.17) is 5.73 Å². The molecule has 0 bridgehead atoms. The molecular weight excluding hydrogens is 376 g/mol. The second-order valence-corrected chi connectivity index (χ2v) is 7.14. The summed E-state index contributed by atoms with van der Waals surface area (Å²) in [5.41, 5.74) is 6.45. The lowest BCUT2D eigenvalue weighted by Crippen LogP contribution is -2.15. The third-order valence-electron chi connectivity index (χ3n) is 2.33. The molecule has 1 atom stereocenters. The van der Waals surface area contributed by atoms with Crippen LogP contribution in [-0.2, 0) is 0 Å². The van der Waals surface area contributed by atoms with Gasteiger partial charge < -0.3 is 5.73 Å². The molecule has 0 amide bonds. The van der Waals surface area contributed by atoms with Crippen LogP contribution in [0.5, 0.6) is 0 Å². The molecule has 1 nitrogen and oxygen atoms in total. The third kappa shape index (κ3) is 2.59. The van der Waals surface area contributed by atoms with E-state index in [0.717, 1.165) is 7.57 Å². The first-order valence-corrected chi connectivity index (χ1v) is 7.05. The van der Waals surface area contributed by atoms with Crippen molar-refractivity contribution in [1.82, 2.24) is 0 Å². The van der Waals surface area contributed by atoms with Gasteiger partial charge in [0.1, 0.15) is 11.6 Å². The quantitative estimate of drug-likeness (QED) is 0.806. The van der Waals surface area contributed by atoms with Gasteiger partial charge in [-0.05, 0) is 55.6 Å². The third-order valence-corrected chi connectivity index (χ3v) is 4.71. The molecule has 2 aromatic rings. The molecule has 6 heteroatoms. The minimum atomic E-state index is -0.826. The van der Waals surface area contributed by atoms with E-state index < -0.39 is 17.7 Å². The molecule has 90 valence electrons. The highest BCUT2D eigenvalue weighted by Crippen LogP contribution is 2.37. The Morgan fingerprint density at radius 3 is 2.24 bits per heavy atom. The van der Waals surface area contributed by atoms with Crippen molar-refractivity contribution in [2.24, 2.45) is 5.73 Å². The minimum Gasteiger partial charge on any atom is -0.320 e. The van der Waals surface area contributed by atoms with Crippen LogP contribution in [0.3, 0.4) is 0 Å². The first kappa shape index (κ1) is 13.1. The van der Waals surface area contributed by atoms with Gasteiger partial charge in [0.15, 0.2) is 0 Å². The Bertz CT molecular complexity index is 536. The van der Waals surface area contributed by atoms with Gasteiger partial charge in [0.2, 0.25) is 0 Å². The number of halogens is 4. The standard InChI is InChI=1S/C11H7Br2F2NS/c12-8-4-5(11(13)17-8)10(16)9-6(14)2-1-3-7(9)15/h1-4,10H,16H2. The van der Waals surface area contributed by atoms with Gasteiger partial charge in [-0.2, -0.15) is 0 Å². The van der Waals surface area contributed by atoms with Crippen molar-refractivity contribution in [3.63, 3.8) is 0 Å². The maximum atomic E-state index is 13.6. The molecule has 1 heterocycles. The van der Waals surface area contributed by atoms with Crippen molar-refractivity contribution in [3.05, 3.63) is 54.6 Å². The van der Waals surface area contributed by atoms with E-state index in [9.17, 15) is 8.78 Å². The van der Waals surface area contributed by atoms with Crippen LogP contribution in [-0.4, -0.2) is 0 Å². The van der Waals surface area contributed by atoms with Crippen LogP contribution >= 0.6 is 43.2 Å². The summed E-state index contributed by atoms with van der Waals surface area (Å²) >= 11 is 8.05. The Labute approximate surface area is 118 Å². The number of hydrogen-bond donors (Lipinski definition) is 1. The summed E-state index contributed by atoms with van der Waals surface area (Å²) in [7, 11) is 0. The molecule has 0 aliphatic carbocycles. The summed E-state index contributed by atoms with van der Waals surface area (Å²) in [6.45, 7) is 0. The first-order valence-electron chi connectivity index (χ1n) is 4.65. The van der Waals surface area contributed by atoms with Crippen LogP contribution in [0.15, 0.2) is 31.8 Å². The van der Waals surface area contributed by atoms with Crippen LogP contribution in [0.2, 0.25) is 0 Å². The highest BCUT2D eigenvalue weighted by atomic mass is 79.9. The summed E-state index contributed by atoms with van der Waals surface area (Å²) < 4.78 is 28.8. The molecule has 17 heavy (non-hydrogen) atoms. The molecular formula is C11H7Br2F2NS. The van der Waals surface area contributed by atoms with E-state index in [1.165, 1.54) is 29.5 Å². The maximum absolute atomic E-state index is 13.6. The topological polar surface area (TPSA) is 26.0 Å². The Hall–Kier alpha value is -0.300. The zero-order chi connectivity index (χ0) is 12.6. The highest BCUT2D eigenvalue weighted by Gasteiger charge is 2.21. The Morgan fingerprint density at radius 1 is 1.18 bits per heavy atom. The van der Waals surface area contributed by atoms with Crippen LogP contribution in [0.4, 0.5) is 8.78 Å². The van der Waals surface area contributed by atoms with Crippen molar-refractivity contribution in [2.45, 2.75) is 6.04 Å². The summed E-state index contributed by atoms with van der Waals surface area (Å²) in [5.74, 6) is -1.27. The molecule has 2 N–H and O–H groups in total. The van der Waals surface area contributed by atoms with Crippen molar-refractivity contribution in [3.8, 4) is 0 Å². The van der Waals surface area contributed by atoms with Gasteiger partial charge in [-0.1, -0.05) is 6.07 Å². The van der Waals surface area contributed by atoms with Crippen LogP contribution in [0.25, 0.3) is 0 Å². The second-order valence-electron chi connectivity index (χ2n) is 3.39. The average Bonchev–Trinajstić information content (AvgIpc) is 2.57. The second kappa shape index (κ2) is 5.14. The Balaban J connectivity index is 2.51. The predicted molar refractivity (Wildman–Crippen MR) is 72.1 cm³/mol. The Morgan fingerprint density at radius 2 is 1.76 bits per heavy atom. The molecule has 0 saturated carbocycles. The minimum absolute atomic E-state index is 0.112. The van der Waals surface area contributed by atoms with E-state index in [1.807, 2.05) is 0 Å².